The standard InChI is InChI=1S/C32H34FN5O4/c1-35-14-10-26-28(35)34-21-38(31(26)41)20-32(42)12-16-36(17-13-32)30(40)25-11-15-37(19-27(25)22-6-3-2-4-7-22)29(39)23-8-5-9-24(33)18-23/h2-10,14,18,21,25,27,42H,11-13,15-17,19-20H2,1H3/t25-,27+/m1/s1. The number of hydrogen-bond acceptors (Lipinski definition) is 5. The quantitative estimate of drug-likeness (QED) is 0.397. The van der Waals surface area contributed by atoms with Gasteiger partial charge in [0, 0.05) is 56.8 Å². The lowest BCUT2D eigenvalue weighted by Crippen LogP contribution is -2.53. The zero-order valence-corrected chi connectivity index (χ0v) is 23.5. The Morgan fingerprint density at radius 1 is 1.02 bits per heavy atom. The summed E-state index contributed by atoms with van der Waals surface area (Å²) < 4.78 is 17.0. The summed E-state index contributed by atoms with van der Waals surface area (Å²) in [5, 5.41) is 11.9. The van der Waals surface area contributed by atoms with E-state index >= 15 is 0 Å². The fraction of sp³-hybridized carbons (Fsp3) is 0.375. The molecule has 0 unspecified atom stereocenters. The van der Waals surface area contributed by atoms with Gasteiger partial charge in [0.1, 0.15) is 17.8 Å². The SMILES string of the molecule is Cn1ccc2c(=O)n(CC3(O)CCN(C(=O)[C@@H]4CCN(C(=O)c5cccc(F)c5)C[C@H]4c4ccccc4)CC3)cnc21. The Kier molecular flexibility index (Phi) is 7.40. The van der Waals surface area contributed by atoms with E-state index in [1.807, 2.05) is 37.4 Å². The first-order valence-corrected chi connectivity index (χ1v) is 14.3. The number of aliphatic hydroxyl groups is 1. The first-order valence-electron chi connectivity index (χ1n) is 14.3. The number of aromatic nitrogens is 3. The van der Waals surface area contributed by atoms with Crippen molar-refractivity contribution < 1.29 is 19.1 Å². The number of hydrogen-bond donors (Lipinski definition) is 1. The summed E-state index contributed by atoms with van der Waals surface area (Å²) in [6.07, 6.45) is 4.42. The number of fused-ring (bicyclic) bond motifs is 1. The maximum atomic E-state index is 13.9. The topological polar surface area (TPSA) is 101 Å². The van der Waals surface area contributed by atoms with E-state index in [9.17, 15) is 23.9 Å². The summed E-state index contributed by atoms with van der Waals surface area (Å²) >= 11 is 0. The molecule has 10 heteroatoms. The lowest BCUT2D eigenvalue weighted by atomic mass is 9.79. The van der Waals surface area contributed by atoms with E-state index < -0.39 is 11.4 Å². The summed E-state index contributed by atoms with van der Waals surface area (Å²) in [6.45, 7) is 1.60. The van der Waals surface area contributed by atoms with Crippen LogP contribution in [0.15, 0.2) is 78.0 Å². The molecule has 0 spiro atoms. The molecule has 2 aliphatic heterocycles. The summed E-state index contributed by atoms with van der Waals surface area (Å²) in [5.41, 5.74) is 0.537. The molecule has 9 nitrogen and oxygen atoms in total. The van der Waals surface area contributed by atoms with Crippen molar-refractivity contribution in [2.24, 2.45) is 13.0 Å². The van der Waals surface area contributed by atoms with Crippen molar-refractivity contribution in [3.05, 3.63) is 100 Å². The van der Waals surface area contributed by atoms with Crippen LogP contribution >= 0.6 is 0 Å². The second kappa shape index (κ2) is 11.2. The third-order valence-corrected chi connectivity index (χ3v) is 8.84. The number of piperidine rings is 2. The Bertz CT molecular complexity index is 1680. The molecule has 2 aliphatic rings. The molecule has 2 fully saturated rings. The number of amides is 2. The monoisotopic (exact) mass is 571 g/mol. The second-order valence-corrected chi connectivity index (χ2v) is 11.6. The number of rotatable bonds is 5. The predicted molar refractivity (Wildman–Crippen MR) is 155 cm³/mol. The van der Waals surface area contributed by atoms with Crippen LogP contribution in [0, 0.1) is 11.7 Å². The number of benzene rings is 2. The molecule has 2 aromatic carbocycles. The molecule has 2 atom stereocenters. The Balaban J connectivity index is 1.15. The van der Waals surface area contributed by atoms with Gasteiger partial charge in [-0.1, -0.05) is 36.4 Å². The number of aryl methyl sites for hydroxylation is 1. The van der Waals surface area contributed by atoms with Crippen LogP contribution in [0.5, 0.6) is 0 Å². The van der Waals surface area contributed by atoms with E-state index in [4.69, 9.17) is 0 Å². The number of likely N-dealkylation sites (tertiary alicyclic amines) is 2. The maximum Gasteiger partial charge on any atom is 0.262 e. The van der Waals surface area contributed by atoms with Gasteiger partial charge in [-0.25, -0.2) is 9.37 Å². The highest BCUT2D eigenvalue weighted by atomic mass is 19.1. The van der Waals surface area contributed by atoms with Gasteiger partial charge in [-0.2, -0.15) is 0 Å². The average Bonchev–Trinajstić information content (AvgIpc) is 3.39. The molecule has 2 aromatic heterocycles. The van der Waals surface area contributed by atoms with Crippen molar-refractivity contribution in [2.45, 2.75) is 37.3 Å². The molecule has 0 saturated carbocycles. The van der Waals surface area contributed by atoms with Crippen molar-refractivity contribution in [2.75, 3.05) is 26.2 Å². The molecule has 2 amide bonds. The summed E-state index contributed by atoms with van der Waals surface area (Å²) in [7, 11) is 1.83. The van der Waals surface area contributed by atoms with Crippen molar-refractivity contribution in [3.63, 3.8) is 0 Å². The number of carbonyl (C=O) groups is 2. The molecule has 1 N–H and O–H groups in total. The molecule has 0 radical (unpaired) electrons. The van der Waals surface area contributed by atoms with Gasteiger partial charge in [0.15, 0.2) is 0 Å². The fourth-order valence-electron chi connectivity index (χ4n) is 6.42. The third kappa shape index (κ3) is 5.34. The van der Waals surface area contributed by atoms with Gasteiger partial charge in [-0.05, 0) is 49.1 Å². The molecule has 0 aliphatic carbocycles. The zero-order chi connectivity index (χ0) is 29.4. The van der Waals surface area contributed by atoms with Crippen molar-refractivity contribution >= 4 is 22.8 Å². The third-order valence-electron chi connectivity index (χ3n) is 8.84. The molecule has 42 heavy (non-hydrogen) atoms. The van der Waals surface area contributed by atoms with Gasteiger partial charge in [0.2, 0.25) is 5.91 Å². The first-order chi connectivity index (χ1) is 20.2. The summed E-state index contributed by atoms with van der Waals surface area (Å²) in [5.74, 6) is -1.25. The average molecular weight is 572 g/mol. The van der Waals surface area contributed by atoms with Crippen LogP contribution in [0.4, 0.5) is 4.39 Å². The van der Waals surface area contributed by atoms with Crippen molar-refractivity contribution in [3.8, 4) is 0 Å². The molecular weight excluding hydrogens is 537 g/mol. The van der Waals surface area contributed by atoms with E-state index in [2.05, 4.69) is 4.98 Å². The molecule has 2 saturated heterocycles. The normalized spacial score (nSPS) is 20.5. The molecule has 6 rings (SSSR count). The van der Waals surface area contributed by atoms with E-state index in [1.165, 1.54) is 29.1 Å². The molecular formula is C32H34FN5O4. The van der Waals surface area contributed by atoms with E-state index in [-0.39, 0.29) is 35.8 Å². The van der Waals surface area contributed by atoms with Gasteiger partial charge in [-0.3, -0.25) is 19.0 Å². The molecule has 4 heterocycles. The minimum atomic E-state index is -1.13. The minimum absolute atomic E-state index is 0.00768. The van der Waals surface area contributed by atoms with Gasteiger partial charge in [0.05, 0.1) is 17.5 Å². The summed E-state index contributed by atoms with van der Waals surface area (Å²) in [6, 6.07) is 17.1. The number of halogens is 1. The number of nitrogens with zero attached hydrogens (tertiary/aromatic N) is 5. The Morgan fingerprint density at radius 2 is 1.79 bits per heavy atom. The van der Waals surface area contributed by atoms with E-state index in [0.29, 0.717) is 62.0 Å². The zero-order valence-electron chi connectivity index (χ0n) is 23.5. The van der Waals surface area contributed by atoms with Crippen LogP contribution in [0.3, 0.4) is 0 Å². The first kappa shape index (κ1) is 27.8. The van der Waals surface area contributed by atoms with E-state index in [0.717, 1.165) is 5.56 Å². The molecule has 4 aromatic rings. The van der Waals surface area contributed by atoms with Crippen LogP contribution < -0.4 is 5.56 Å². The van der Waals surface area contributed by atoms with Crippen molar-refractivity contribution in [1.82, 2.24) is 23.9 Å². The van der Waals surface area contributed by atoms with Crippen LogP contribution in [-0.2, 0) is 18.4 Å². The molecule has 218 valence electrons. The smallest absolute Gasteiger partial charge is 0.262 e. The van der Waals surface area contributed by atoms with Crippen LogP contribution in [0.1, 0.15) is 41.1 Å². The van der Waals surface area contributed by atoms with Crippen LogP contribution in [0.25, 0.3) is 11.0 Å². The lowest BCUT2D eigenvalue weighted by molar-refractivity contribution is -0.142. The highest BCUT2D eigenvalue weighted by Crippen LogP contribution is 2.36. The highest BCUT2D eigenvalue weighted by molar-refractivity contribution is 5.94. The van der Waals surface area contributed by atoms with Gasteiger partial charge in [0.25, 0.3) is 11.5 Å². The minimum Gasteiger partial charge on any atom is -0.388 e. The Hall–Kier alpha value is -4.31. The summed E-state index contributed by atoms with van der Waals surface area (Å²) in [4.78, 5) is 48.0. The Labute approximate surface area is 242 Å². The largest absolute Gasteiger partial charge is 0.388 e. The van der Waals surface area contributed by atoms with Crippen LogP contribution in [0.2, 0.25) is 0 Å². The predicted octanol–water partition coefficient (Wildman–Crippen LogP) is 3.17. The number of carbonyl (C=O) groups excluding carboxylic acids is 2. The molecule has 0 bridgehead atoms. The van der Waals surface area contributed by atoms with Crippen LogP contribution in [-0.4, -0.2) is 72.6 Å². The Morgan fingerprint density at radius 3 is 2.52 bits per heavy atom. The fourth-order valence-corrected chi connectivity index (χ4v) is 6.42. The maximum absolute atomic E-state index is 13.9. The van der Waals surface area contributed by atoms with Crippen molar-refractivity contribution in [1.29, 1.82) is 0 Å². The second-order valence-electron chi connectivity index (χ2n) is 11.6. The lowest BCUT2D eigenvalue weighted by Gasteiger charge is -2.43. The van der Waals surface area contributed by atoms with Gasteiger partial charge >= 0.3 is 0 Å². The highest BCUT2D eigenvalue weighted by Gasteiger charge is 2.41. The van der Waals surface area contributed by atoms with Gasteiger partial charge in [-0.15, -0.1) is 0 Å². The van der Waals surface area contributed by atoms with Gasteiger partial charge < -0.3 is 19.5 Å². The van der Waals surface area contributed by atoms with E-state index in [1.54, 1.807) is 32.7 Å².